The first kappa shape index (κ1) is 28.4. The lowest BCUT2D eigenvalue weighted by Gasteiger charge is -2.28. The Kier molecular flexibility index (Phi) is 6.53. The van der Waals surface area contributed by atoms with Crippen LogP contribution in [0, 0.1) is 0 Å². The predicted molar refractivity (Wildman–Crippen MR) is 212 cm³/mol. The summed E-state index contributed by atoms with van der Waals surface area (Å²) in [5, 5.41) is 9.69. The molecule has 9 aromatic carbocycles. The fourth-order valence-corrected chi connectivity index (χ4v) is 7.64. The molecule has 0 N–H and O–H groups in total. The molecular weight excluding hydrogens is 607 g/mol. The second-order valence-electron chi connectivity index (χ2n) is 12.9. The number of nitrogens with zero attached hydrogens (tertiary/aromatic N) is 1. The molecule has 0 saturated heterocycles. The summed E-state index contributed by atoms with van der Waals surface area (Å²) in [5.74, 6) is 0. The monoisotopic (exact) mass is 637 g/mol. The van der Waals surface area contributed by atoms with E-state index < -0.39 is 0 Å². The molecule has 2 nitrogen and oxygen atoms in total. The van der Waals surface area contributed by atoms with Gasteiger partial charge in [-0.25, -0.2) is 0 Å². The Morgan fingerprint density at radius 1 is 0.320 bits per heavy atom. The van der Waals surface area contributed by atoms with E-state index in [1.807, 2.05) is 12.1 Å². The molecule has 50 heavy (non-hydrogen) atoms. The minimum absolute atomic E-state index is 0.904. The van der Waals surface area contributed by atoms with Gasteiger partial charge >= 0.3 is 0 Å². The van der Waals surface area contributed by atoms with Crippen molar-refractivity contribution in [3.63, 3.8) is 0 Å². The molecule has 0 radical (unpaired) electrons. The highest BCUT2D eigenvalue weighted by Crippen LogP contribution is 2.44. The van der Waals surface area contributed by atoms with Crippen molar-refractivity contribution in [3.05, 3.63) is 188 Å². The largest absolute Gasteiger partial charge is 0.456 e. The number of furan rings is 1. The van der Waals surface area contributed by atoms with Gasteiger partial charge in [0.1, 0.15) is 11.2 Å². The summed E-state index contributed by atoms with van der Waals surface area (Å²) >= 11 is 0. The third-order valence-electron chi connectivity index (χ3n) is 10.0. The van der Waals surface area contributed by atoms with Gasteiger partial charge in [-0.3, -0.25) is 0 Å². The summed E-state index contributed by atoms with van der Waals surface area (Å²) in [6, 6.07) is 67.7. The number of anilines is 3. The van der Waals surface area contributed by atoms with Gasteiger partial charge in [-0.2, -0.15) is 0 Å². The van der Waals surface area contributed by atoms with Crippen molar-refractivity contribution in [1.29, 1.82) is 0 Å². The Labute approximate surface area is 290 Å². The van der Waals surface area contributed by atoms with E-state index in [9.17, 15) is 0 Å². The quantitative estimate of drug-likeness (QED) is 0.175. The highest BCUT2D eigenvalue weighted by atomic mass is 16.3. The standard InChI is InChI=1S/C48H31NO/c1-3-16-39-32(11-1)13-10-21-40(39)33-23-26-37(27-24-33)49(46-31-36-12-2-4-17-41(36)42-18-5-6-19-43(42)46)38-15-9-14-34(29-38)35-25-28-48-45(30-35)44-20-7-8-22-47(44)50-48/h1-31H. The van der Waals surface area contributed by atoms with Gasteiger partial charge in [-0.05, 0) is 97.7 Å². The van der Waals surface area contributed by atoms with E-state index in [0.29, 0.717) is 0 Å². The maximum Gasteiger partial charge on any atom is 0.135 e. The lowest BCUT2D eigenvalue weighted by molar-refractivity contribution is 0.669. The van der Waals surface area contributed by atoms with E-state index in [-0.39, 0.29) is 0 Å². The van der Waals surface area contributed by atoms with Crippen molar-refractivity contribution < 1.29 is 4.42 Å². The molecule has 0 saturated carbocycles. The highest BCUT2D eigenvalue weighted by molar-refractivity contribution is 6.15. The molecule has 10 rings (SSSR count). The maximum atomic E-state index is 6.15. The lowest BCUT2D eigenvalue weighted by atomic mass is 9.97. The zero-order valence-electron chi connectivity index (χ0n) is 27.3. The average Bonchev–Trinajstić information content (AvgIpc) is 3.56. The molecule has 0 amide bonds. The van der Waals surface area contributed by atoms with Crippen molar-refractivity contribution >= 4 is 71.3 Å². The highest BCUT2D eigenvalue weighted by Gasteiger charge is 2.19. The van der Waals surface area contributed by atoms with Crippen LogP contribution < -0.4 is 4.90 Å². The van der Waals surface area contributed by atoms with E-state index in [4.69, 9.17) is 4.42 Å². The molecule has 0 bridgehead atoms. The number of rotatable bonds is 5. The van der Waals surface area contributed by atoms with E-state index >= 15 is 0 Å². The second kappa shape index (κ2) is 11.5. The lowest BCUT2D eigenvalue weighted by Crippen LogP contribution is -2.10. The first-order valence-electron chi connectivity index (χ1n) is 17.1. The van der Waals surface area contributed by atoms with Crippen LogP contribution in [0.25, 0.3) is 76.5 Å². The summed E-state index contributed by atoms with van der Waals surface area (Å²) in [6.45, 7) is 0. The zero-order valence-corrected chi connectivity index (χ0v) is 27.3. The Bertz CT molecular complexity index is 2870. The third kappa shape index (κ3) is 4.65. The van der Waals surface area contributed by atoms with E-state index in [0.717, 1.165) is 50.1 Å². The Balaban J connectivity index is 1.17. The van der Waals surface area contributed by atoms with Crippen molar-refractivity contribution in [2.24, 2.45) is 0 Å². The molecule has 234 valence electrons. The van der Waals surface area contributed by atoms with E-state index in [2.05, 4.69) is 181 Å². The maximum absolute atomic E-state index is 6.15. The van der Waals surface area contributed by atoms with Crippen molar-refractivity contribution in [3.8, 4) is 22.3 Å². The Morgan fingerprint density at radius 2 is 0.940 bits per heavy atom. The van der Waals surface area contributed by atoms with Crippen molar-refractivity contribution in [2.45, 2.75) is 0 Å². The fourth-order valence-electron chi connectivity index (χ4n) is 7.64. The average molecular weight is 638 g/mol. The first-order chi connectivity index (χ1) is 24.8. The van der Waals surface area contributed by atoms with Gasteiger partial charge in [-0.15, -0.1) is 0 Å². The molecule has 1 heterocycles. The van der Waals surface area contributed by atoms with Gasteiger partial charge < -0.3 is 9.32 Å². The number of para-hydroxylation sites is 1. The van der Waals surface area contributed by atoms with Gasteiger partial charge in [0, 0.05) is 27.5 Å². The normalized spacial score (nSPS) is 11.6. The summed E-state index contributed by atoms with van der Waals surface area (Å²) in [7, 11) is 0. The summed E-state index contributed by atoms with van der Waals surface area (Å²) in [4.78, 5) is 2.41. The van der Waals surface area contributed by atoms with Gasteiger partial charge in [0.25, 0.3) is 0 Å². The number of fused-ring (bicyclic) bond motifs is 7. The van der Waals surface area contributed by atoms with Crippen LogP contribution in [-0.2, 0) is 0 Å². The number of benzene rings is 9. The molecule has 10 aromatic rings. The summed E-state index contributed by atoms with van der Waals surface area (Å²) in [5.41, 5.74) is 9.89. The third-order valence-corrected chi connectivity index (χ3v) is 10.0. The van der Waals surface area contributed by atoms with Gasteiger partial charge in [0.05, 0.1) is 5.69 Å². The van der Waals surface area contributed by atoms with Crippen LogP contribution >= 0.6 is 0 Å². The van der Waals surface area contributed by atoms with E-state index in [1.54, 1.807) is 0 Å². The summed E-state index contributed by atoms with van der Waals surface area (Å²) < 4.78 is 6.15. The summed E-state index contributed by atoms with van der Waals surface area (Å²) in [6.07, 6.45) is 0. The van der Waals surface area contributed by atoms with Crippen LogP contribution in [0.15, 0.2) is 192 Å². The van der Waals surface area contributed by atoms with Crippen molar-refractivity contribution in [1.82, 2.24) is 0 Å². The number of hydrogen-bond donors (Lipinski definition) is 0. The minimum Gasteiger partial charge on any atom is -0.456 e. The Hall–Kier alpha value is -6.64. The molecule has 0 atom stereocenters. The predicted octanol–water partition coefficient (Wildman–Crippen LogP) is 13.8. The molecule has 0 aliphatic rings. The molecule has 0 aliphatic heterocycles. The SMILES string of the molecule is c1cc(-c2ccc3oc4ccccc4c3c2)cc(N(c2ccc(-c3cccc4ccccc34)cc2)c2cc3ccccc3c3ccccc23)c1. The van der Waals surface area contributed by atoms with E-state index in [1.165, 1.54) is 43.4 Å². The molecule has 0 spiro atoms. The number of hydrogen-bond acceptors (Lipinski definition) is 2. The Morgan fingerprint density at radius 3 is 1.80 bits per heavy atom. The van der Waals surface area contributed by atoms with Crippen LogP contribution in [0.5, 0.6) is 0 Å². The van der Waals surface area contributed by atoms with Crippen LogP contribution in [0.4, 0.5) is 17.1 Å². The second-order valence-corrected chi connectivity index (χ2v) is 12.9. The van der Waals surface area contributed by atoms with Crippen LogP contribution in [-0.4, -0.2) is 0 Å². The minimum atomic E-state index is 0.904. The van der Waals surface area contributed by atoms with Gasteiger partial charge in [0.2, 0.25) is 0 Å². The molecule has 2 heteroatoms. The van der Waals surface area contributed by atoms with Crippen LogP contribution in [0.2, 0.25) is 0 Å². The van der Waals surface area contributed by atoms with Gasteiger partial charge in [-0.1, -0.05) is 140 Å². The molecule has 1 aromatic heterocycles. The van der Waals surface area contributed by atoms with Crippen LogP contribution in [0.3, 0.4) is 0 Å². The smallest absolute Gasteiger partial charge is 0.135 e. The van der Waals surface area contributed by atoms with Gasteiger partial charge in [0.15, 0.2) is 0 Å². The molecule has 0 fully saturated rings. The van der Waals surface area contributed by atoms with Crippen molar-refractivity contribution in [2.75, 3.05) is 4.90 Å². The molecular formula is C48H31NO. The molecule has 0 unspecified atom stereocenters. The first-order valence-corrected chi connectivity index (χ1v) is 17.1. The molecule has 0 aliphatic carbocycles. The zero-order chi connectivity index (χ0) is 33.0. The van der Waals surface area contributed by atoms with Crippen LogP contribution in [0.1, 0.15) is 0 Å². The topological polar surface area (TPSA) is 16.4 Å². The fraction of sp³-hybridized carbons (Fsp3) is 0.